The van der Waals surface area contributed by atoms with E-state index in [1.807, 2.05) is 0 Å². The van der Waals surface area contributed by atoms with Crippen molar-refractivity contribution in [3.63, 3.8) is 0 Å². The quantitative estimate of drug-likeness (QED) is 0.450. The second-order valence-electron chi connectivity index (χ2n) is 1.72. The summed E-state index contributed by atoms with van der Waals surface area (Å²) in [6.45, 7) is 0. The second kappa shape index (κ2) is 2.59. The van der Waals surface area contributed by atoms with E-state index in [0.29, 0.717) is 11.4 Å². The Morgan fingerprint density at radius 2 is 2.30 bits per heavy atom. The molecule has 0 amide bonds. The molecule has 0 bridgehead atoms. The molecule has 0 aromatic carbocycles. The predicted molar refractivity (Wildman–Crippen MR) is 41.6 cm³/mol. The van der Waals surface area contributed by atoms with Crippen LogP contribution in [0.3, 0.4) is 0 Å². The highest BCUT2D eigenvalue weighted by atomic mass is 35.5. The van der Waals surface area contributed by atoms with Gasteiger partial charge in [-0.1, -0.05) is 17.5 Å². The zero-order valence-corrected chi connectivity index (χ0v) is 5.89. The van der Waals surface area contributed by atoms with E-state index in [9.17, 15) is 0 Å². The standard InChI is InChI=1S/C7H5ClN2/c1-2-5-3-4-6(9)7(8)10-5/h1,3-4H,9H2. The van der Waals surface area contributed by atoms with Crippen LogP contribution in [0.4, 0.5) is 5.69 Å². The first kappa shape index (κ1) is 6.91. The van der Waals surface area contributed by atoms with E-state index in [1.54, 1.807) is 12.1 Å². The lowest BCUT2D eigenvalue weighted by molar-refractivity contribution is 1.29. The summed E-state index contributed by atoms with van der Waals surface area (Å²) in [7, 11) is 0. The third kappa shape index (κ3) is 1.20. The molecule has 0 saturated carbocycles. The van der Waals surface area contributed by atoms with Crippen molar-refractivity contribution in [2.24, 2.45) is 0 Å². The van der Waals surface area contributed by atoms with Crippen molar-refractivity contribution in [3.05, 3.63) is 23.0 Å². The Hall–Kier alpha value is -1.20. The number of nitrogens with two attached hydrogens (primary N) is 1. The van der Waals surface area contributed by atoms with E-state index in [4.69, 9.17) is 23.8 Å². The van der Waals surface area contributed by atoms with Gasteiger partial charge in [0, 0.05) is 0 Å². The molecule has 2 N–H and O–H groups in total. The van der Waals surface area contributed by atoms with Gasteiger partial charge in [0.1, 0.15) is 5.69 Å². The normalized spacial score (nSPS) is 8.80. The largest absolute Gasteiger partial charge is 0.396 e. The lowest BCUT2D eigenvalue weighted by Gasteiger charge is -1.94. The Morgan fingerprint density at radius 3 is 2.80 bits per heavy atom. The Balaban J connectivity index is 3.20. The number of halogens is 1. The summed E-state index contributed by atoms with van der Waals surface area (Å²) in [5.41, 5.74) is 6.32. The Morgan fingerprint density at radius 1 is 1.60 bits per heavy atom. The number of rotatable bonds is 0. The minimum atomic E-state index is 0.260. The molecule has 1 aromatic rings. The van der Waals surface area contributed by atoms with E-state index in [0.717, 1.165) is 0 Å². The lowest BCUT2D eigenvalue weighted by atomic mass is 10.3. The van der Waals surface area contributed by atoms with Gasteiger partial charge in [-0.15, -0.1) is 6.42 Å². The Labute approximate surface area is 64.0 Å². The first-order chi connectivity index (χ1) is 4.74. The van der Waals surface area contributed by atoms with Crippen molar-refractivity contribution in [2.75, 3.05) is 5.73 Å². The van der Waals surface area contributed by atoms with E-state index in [1.165, 1.54) is 0 Å². The maximum absolute atomic E-state index is 5.56. The summed E-state index contributed by atoms with van der Waals surface area (Å²) in [6, 6.07) is 3.27. The van der Waals surface area contributed by atoms with Crippen molar-refractivity contribution in [1.29, 1.82) is 0 Å². The highest BCUT2D eigenvalue weighted by Gasteiger charge is 1.95. The molecule has 0 atom stereocenters. The topological polar surface area (TPSA) is 38.9 Å². The summed E-state index contributed by atoms with van der Waals surface area (Å²) in [4.78, 5) is 3.80. The number of anilines is 1. The van der Waals surface area contributed by atoms with Gasteiger partial charge in [-0.3, -0.25) is 0 Å². The molecule has 0 aliphatic rings. The summed E-state index contributed by atoms with van der Waals surface area (Å²) in [5.74, 6) is 2.34. The first-order valence-corrected chi connectivity index (χ1v) is 3.00. The van der Waals surface area contributed by atoms with Crippen molar-refractivity contribution in [3.8, 4) is 12.3 Å². The molecule has 2 nitrogen and oxygen atoms in total. The van der Waals surface area contributed by atoms with Gasteiger partial charge in [-0.05, 0) is 12.1 Å². The number of pyridine rings is 1. The average molecular weight is 153 g/mol. The molecule has 1 aromatic heterocycles. The minimum absolute atomic E-state index is 0.260. The monoisotopic (exact) mass is 152 g/mol. The van der Waals surface area contributed by atoms with Crippen LogP contribution in [0.2, 0.25) is 5.15 Å². The minimum Gasteiger partial charge on any atom is -0.396 e. The zero-order valence-electron chi connectivity index (χ0n) is 5.13. The molecule has 0 spiro atoms. The predicted octanol–water partition coefficient (Wildman–Crippen LogP) is 1.30. The molecular weight excluding hydrogens is 148 g/mol. The average Bonchev–Trinajstić information content (AvgIpc) is 1.95. The van der Waals surface area contributed by atoms with E-state index >= 15 is 0 Å². The number of hydrogen-bond acceptors (Lipinski definition) is 2. The van der Waals surface area contributed by atoms with Gasteiger partial charge >= 0.3 is 0 Å². The van der Waals surface area contributed by atoms with Crippen LogP contribution < -0.4 is 5.73 Å². The van der Waals surface area contributed by atoms with E-state index < -0.39 is 0 Å². The molecule has 0 aliphatic carbocycles. The summed E-state index contributed by atoms with van der Waals surface area (Å²) >= 11 is 5.56. The van der Waals surface area contributed by atoms with Crippen molar-refractivity contribution >= 4 is 17.3 Å². The Kier molecular flexibility index (Phi) is 1.79. The molecule has 50 valence electrons. The summed E-state index contributed by atoms with van der Waals surface area (Å²) in [5, 5.41) is 0.260. The van der Waals surface area contributed by atoms with Crippen LogP contribution in [0.15, 0.2) is 12.1 Å². The van der Waals surface area contributed by atoms with Crippen LogP contribution in [-0.2, 0) is 0 Å². The van der Waals surface area contributed by atoms with Gasteiger partial charge in [0.05, 0.1) is 5.69 Å². The number of aromatic nitrogens is 1. The second-order valence-corrected chi connectivity index (χ2v) is 2.08. The van der Waals surface area contributed by atoms with Crippen molar-refractivity contribution in [1.82, 2.24) is 4.98 Å². The third-order valence-electron chi connectivity index (χ3n) is 1.03. The molecule has 1 heterocycles. The molecule has 1 rings (SSSR count). The maximum atomic E-state index is 5.56. The van der Waals surface area contributed by atoms with Crippen LogP contribution in [0.5, 0.6) is 0 Å². The fourth-order valence-electron chi connectivity index (χ4n) is 0.525. The van der Waals surface area contributed by atoms with Crippen LogP contribution in [-0.4, -0.2) is 4.98 Å². The zero-order chi connectivity index (χ0) is 7.56. The molecule has 0 aliphatic heterocycles. The van der Waals surface area contributed by atoms with Crippen LogP contribution in [0.25, 0.3) is 0 Å². The van der Waals surface area contributed by atoms with Crippen molar-refractivity contribution < 1.29 is 0 Å². The van der Waals surface area contributed by atoms with Gasteiger partial charge < -0.3 is 5.73 Å². The van der Waals surface area contributed by atoms with Gasteiger partial charge in [0.15, 0.2) is 5.15 Å². The van der Waals surface area contributed by atoms with Gasteiger partial charge in [0.25, 0.3) is 0 Å². The molecule has 10 heavy (non-hydrogen) atoms. The van der Waals surface area contributed by atoms with Gasteiger partial charge in [0.2, 0.25) is 0 Å². The molecule has 0 unspecified atom stereocenters. The van der Waals surface area contributed by atoms with Crippen LogP contribution in [0, 0.1) is 12.3 Å². The van der Waals surface area contributed by atoms with Crippen LogP contribution in [0.1, 0.15) is 5.69 Å². The highest BCUT2D eigenvalue weighted by molar-refractivity contribution is 6.31. The number of terminal acetylenes is 1. The number of nitrogens with zero attached hydrogens (tertiary/aromatic N) is 1. The van der Waals surface area contributed by atoms with Gasteiger partial charge in [-0.2, -0.15) is 0 Å². The highest BCUT2D eigenvalue weighted by Crippen LogP contribution is 2.14. The molecule has 0 radical (unpaired) electrons. The molecule has 0 saturated heterocycles. The van der Waals surface area contributed by atoms with Gasteiger partial charge in [-0.25, -0.2) is 4.98 Å². The molecular formula is C7H5ClN2. The fourth-order valence-corrected chi connectivity index (χ4v) is 0.679. The molecule has 0 fully saturated rings. The van der Waals surface area contributed by atoms with Crippen LogP contribution >= 0.6 is 11.6 Å². The summed E-state index contributed by atoms with van der Waals surface area (Å²) in [6.07, 6.45) is 5.06. The summed E-state index contributed by atoms with van der Waals surface area (Å²) < 4.78 is 0. The van der Waals surface area contributed by atoms with Crippen molar-refractivity contribution in [2.45, 2.75) is 0 Å². The number of nitrogen functional groups attached to an aromatic ring is 1. The molecule has 3 heteroatoms. The van der Waals surface area contributed by atoms with E-state index in [-0.39, 0.29) is 5.15 Å². The first-order valence-electron chi connectivity index (χ1n) is 2.62. The number of hydrogen-bond donors (Lipinski definition) is 1. The maximum Gasteiger partial charge on any atom is 0.153 e. The fraction of sp³-hybridized carbons (Fsp3) is 0. The smallest absolute Gasteiger partial charge is 0.153 e. The third-order valence-corrected chi connectivity index (χ3v) is 1.33. The SMILES string of the molecule is C#Cc1ccc(N)c(Cl)n1. The lowest BCUT2D eigenvalue weighted by Crippen LogP contribution is -1.90. The Bertz CT molecular complexity index is 288. The van der Waals surface area contributed by atoms with E-state index in [2.05, 4.69) is 10.9 Å².